The highest BCUT2D eigenvalue weighted by Gasteiger charge is 2.34. The van der Waals surface area contributed by atoms with Crippen molar-refractivity contribution in [1.82, 2.24) is 0 Å². The number of rotatable bonds is 3. The van der Waals surface area contributed by atoms with Crippen molar-refractivity contribution >= 4 is 0 Å². The van der Waals surface area contributed by atoms with Gasteiger partial charge < -0.3 is 5.73 Å². The second-order valence-corrected chi connectivity index (χ2v) is 3.97. The minimum Gasteiger partial charge on any atom is -0.330 e. The zero-order valence-corrected chi connectivity index (χ0v) is 7.28. The van der Waals surface area contributed by atoms with E-state index < -0.39 is 0 Å². The lowest BCUT2D eigenvalue weighted by Crippen LogP contribution is -2.36. The second-order valence-electron chi connectivity index (χ2n) is 3.97. The lowest BCUT2D eigenvalue weighted by Gasteiger charge is -2.31. The molecule has 0 bridgehead atoms. The molecule has 0 aromatic rings. The van der Waals surface area contributed by atoms with Gasteiger partial charge in [-0.15, -0.1) is 0 Å². The van der Waals surface area contributed by atoms with Gasteiger partial charge in [0.1, 0.15) is 0 Å². The average Bonchev–Trinajstić information content (AvgIpc) is 2.55. The monoisotopic (exact) mass is 159 g/mol. The Labute approximate surface area is 68.2 Å². The summed E-state index contributed by atoms with van der Waals surface area (Å²) in [6.07, 6.45) is 4.88. The number of hydrogen-bond acceptors (Lipinski definition) is 1. The number of halogens is 1. The van der Waals surface area contributed by atoms with E-state index in [0.717, 1.165) is 0 Å². The predicted molar refractivity (Wildman–Crippen MR) is 45.1 cm³/mol. The molecule has 1 rings (SSSR count). The van der Waals surface area contributed by atoms with Crippen molar-refractivity contribution in [2.75, 3.05) is 13.2 Å². The summed E-state index contributed by atoms with van der Waals surface area (Å²) in [6.45, 7) is 2.21. The van der Waals surface area contributed by atoms with Crippen LogP contribution in [0.1, 0.15) is 32.6 Å². The van der Waals surface area contributed by atoms with E-state index in [0.29, 0.717) is 12.5 Å². The molecule has 1 aliphatic carbocycles. The van der Waals surface area contributed by atoms with Gasteiger partial charge in [-0.25, -0.2) is 0 Å². The van der Waals surface area contributed by atoms with Gasteiger partial charge in [-0.05, 0) is 18.8 Å². The molecule has 0 aromatic heterocycles. The molecule has 0 spiro atoms. The Bertz CT molecular complexity index is 115. The summed E-state index contributed by atoms with van der Waals surface area (Å²) in [5.74, 6) is 0.539. The van der Waals surface area contributed by atoms with Gasteiger partial charge in [-0.3, -0.25) is 4.39 Å². The number of hydrogen-bond donors (Lipinski definition) is 1. The summed E-state index contributed by atoms with van der Waals surface area (Å²) in [4.78, 5) is 0. The molecule has 11 heavy (non-hydrogen) atoms. The molecule has 0 heterocycles. The molecule has 1 nitrogen and oxygen atoms in total. The van der Waals surface area contributed by atoms with Crippen LogP contribution in [0.5, 0.6) is 0 Å². The van der Waals surface area contributed by atoms with E-state index in [4.69, 9.17) is 5.73 Å². The Kier molecular flexibility index (Phi) is 2.88. The van der Waals surface area contributed by atoms with Crippen LogP contribution in [0.3, 0.4) is 0 Å². The lowest BCUT2D eigenvalue weighted by molar-refractivity contribution is 0.146. The molecule has 1 unspecified atom stereocenters. The molecule has 0 aliphatic heterocycles. The van der Waals surface area contributed by atoms with E-state index in [-0.39, 0.29) is 12.1 Å². The van der Waals surface area contributed by atoms with Gasteiger partial charge in [0, 0.05) is 12.0 Å². The summed E-state index contributed by atoms with van der Waals surface area (Å²) in [6, 6.07) is 0. The van der Waals surface area contributed by atoms with Crippen LogP contribution in [0.2, 0.25) is 0 Å². The van der Waals surface area contributed by atoms with Crippen LogP contribution in [0, 0.1) is 11.3 Å². The Morgan fingerprint density at radius 3 is 2.36 bits per heavy atom. The minimum atomic E-state index is -0.256. The van der Waals surface area contributed by atoms with Crippen LogP contribution in [-0.2, 0) is 0 Å². The van der Waals surface area contributed by atoms with Gasteiger partial charge >= 0.3 is 0 Å². The smallest absolute Gasteiger partial charge is 0.0962 e. The molecule has 0 aromatic carbocycles. The zero-order valence-electron chi connectivity index (χ0n) is 7.28. The lowest BCUT2D eigenvalue weighted by atomic mass is 9.77. The third-order valence-corrected chi connectivity index (χ3v) is 3.11. The van der Waals surface area contributed by atoms with Gasteiger partial charge in [0.25, 0.3) is 0 Å². The first-order valence-corrected chi connectivity index (χ1v) is 4.49. The molecule has 1 saturated carbocycles. The Morgan fingerprint density at radius 2 is 2.00 bits per heavy atom. The number of alkyl halides is 1. The molecule has 0 saturated heterocycles. The number of nitrogens with two attached hydrogens (primary N) is 1. The highest BCUT2D eigenvalue weighted by atomic mass is 19.1. The van der Waals surface area contributed by atoms with Crippen LogP contribution in [0.15, 0.2) is 0 Å². The normalized spacial score (nSPS) is 25.4. The Hall–Kier alpha value is -0.110. The van der Waals surface area contributed by atoms with Crippen molar-refractivity contribution in [3.63, 3.8) is 0 Å². The molecule has 1 aliphatic rings. The fourth-order valence-corrected chi connectivity index (χ4v) is 1.95. The second kappa shape index (κ2) is 3.53. The van der Waals surface area contributed by atoms with Crippen LogP contribution >= 0.6 is 0 Å². The fourth-order valence-electron chi connectivity index (χ4n) is 1.95. The summed E-state index contributed by atoms with van der Waals surface area (Å²) in [5, 5.41) is 0. The molecule has 0 amide bonds. The fraction of sp³-hybridized carbons (Fsp3) is 1.00. The third kappa shape index (κ3) is 1.73. The summed E-state index contributed by atoms with van der Waals surface area (Å²) >= 11 is 0. The minimum absolute atomic E-state index is 0.226. The SMILES string of the molecule is CC(CN)(CF)C1CCCC1. The zero-order chi connectivity index (χ0) is 8.32. The van der Waals surface area contributed by atoms with Gasteiger partial charge in [0.2, 0.25) is 0 Å². The van der Waals surface area contributed by atoms with E-state index in [9.17, 15) is 4.39 Å². The first kappa shape index (κ1) is 8.98. The van der Waals surface area contributed by atoms with E-state index >= 15 is 0 Å². The van der Waals surface area contributed by atoms with Crippen LogP contribution in [0.25, 0.3) is 0 Å². The maximum absolute atomic E-state index is 12.6. The van der Waals surface area contributed by atoms with Crippen LogP contribution < -0.4 is 5.73 Å². The summed E-state index contributed by atoms with van der Waals surface area (Å²) < 4.78 is 12.6. The van der Waals surface area contributed by atoms with Crippen molar-refractivity contribution in [3.8, 4) is 0 Å². The van der Waals surface area contributed by atoms with Crippen LogP contribution in [-0.4, -0.2) is 13.2 Å². The van der Waals surface area contributed by atoms with E-state index in [1.54, 1.807) is 0 Å². The Balaban J connectivity index is 2.52. The van der Waals surface area contributed by atoms with Crippen molar-refractivity contribution in [2.45, 2.75) is 32.6 Å². The third-order valence-electron chi connectivity index (χ3n) is 3.11. The van der Waals surface area contributed by atoms with E-state index in [1.165, 1.54) is 25.7 Å². The van der Waals surface area contributed by atoms with Gasteiger partial charge in [-0.1, -0.05) is 19.8 Å². The molecule has 2 N–H and O–H groups in total. The van der Waals surface area contributed by atoms with Crippen molar-refractivity contribution in [3.05, 3.63) is 0 Å². The quantitative estimate of drug-likeness (QED) is 0.670. The van der Waals surface area contributed by atoms with Crippen molar-refractivity contribution in [1.29, 1.82) is 0 Å². The summed E-state index contributed by atoms with van der Waals surface area (Å²) in [7, 11) is 0. The topological polar surface area (TPSA) is 26.0 Å². The highest BCUT2D eigenvalue weighted by molar-refractivity contribution is 4.85. The molecular weight excluding hydrogens is 141 g/mol. The van der Waals surface area contributed by atoms with Crippen LogP contribution in [0.4, 0.5) is 4.39 Å². The van der Waals surface area contributed by atoms with Gasteiger partial charge in [0.05, 0.1) is 6.67 Å². The standard InChI is InChI=1S/C9H18FN/c1-9(6-10,7-11)8-4-2-3-5-8/h8H,2-7,11H2,1H3. The molecule has 2 heteroatoms. The van der Waals surface area contributed by atoms with Crippen molar-refractivity contribution < 1.29 is 4.39 Å². The summed E-state index contributed by atoms with van der Waals surface area (Å²) in [5.41, 5.74) is 5.33. The maximum atomic E-state index is 12.6. The van der Waals surface area contributed by atoms with Gasteiger partial charge in [0.15, 0.2) is 0 Å². The Morgan fingerprint density at radius 1 is 1.45 bits per heavy atom. The first-order valence-electron chi connectivity index (χ1n) is 4.49. The molecule has 66 valence electrons. The van der Waals surface area contributed by atoms with Crippen molar-refractivity contribution in [2.24, 2.45) is 17.1 Å². The highest BCUT2D eigenvalue weighted by Crippen LogP contribution is 2.39. The molecule has 1 atom stereocenters. The first-order chi connectivity index (χ1) is 5.23. The molecule has 0 radical (unpaired) electrons. The molecule has 1 fully saturated rings. The average molecular weight is 159 g/mol. The predicted octanol–water partition coefficient (Wildman–Crippen LogP) is 2.11. The van der Waals surface area contributed by atoms with E-state index in [2.05, 4.69) is 0 Å². The van der Waals surface area contributed by atoms with Gasteiger partial charge in [-0.2, -0.15) is 0 Å². The van der Waals surface area contributed by atoms with E-state index in [1.807, 2.05) is 6.92 Å². The largest absolute Gasteiger partial charge is 0.330 e. The molecular formula is C9H18FN. The maximum Gasteiger partial charge on any atom is 0.0962 e.